The second-order valence-corrected chi connectivity index (χ2v) is 9.50. The predicted octanol–water partition coefficient (Wildman–Crippen LogP) is 3.92. The molecule has 4 heteroatoms. The number of aromatic amines is 1. The fourth-order valence-corrected chi connectivity index (χ4v) is 3.34. The Balaban J connectivity index is 1.76. The van der Waals surface area contributed by atoms with Crippen molar-refractivity contribution in [3.05, 3.63) is 62.8 Å². The Bertz CT molecular complexity index is 836. The van der Waals surface area contributed by atoms with Gasteiger partial charge in [0.1, 0.15) is 5.82 Å². The van der Waals surface area contributed by atoms with E-state index in [1.165, 1.54) is 11.1 Å². The summed E-state index contributed by atoms with van der Waals surface area (Å²) >= 11 is 0. The van der Waals surface area contributed by atoms with Crippen molar-refractivity contribution in [1.29, 1.82) is 0 Å². The third kappa shape index (κ3) is 4.07. The van der Waals surface area contributed by atoms with Gasteiger partial charge in [-0.3, -0.25) is 9.69 Å². The largest absolute Gasteiger partial charge is 0.310 e. The van der Waals surface area contributed by atoms with E-state index in [0.29, 0.717) is 6.54 Å². The maximum Gasteiger partial charge on any atom is 0.255 e. The van der Waals surface area contributed by atoms with Crippen LogP contribution in [0.15, 0.2) is 29.1 Å². The van der Waals surface area contributed by atoms with Crippen LogP contribution in [0.3, 0.4) is 0 Å². The molecule has 1 aliphatic heterocycles. The molecule has 0 atom stereocenters. The number of benzene rings is 1. The minimum absolute atomic E-state index is 0.0210. The molecule has 0 amide bonds. The van der Waals surface area contributed by atoms with Crippen LogP contribution >= 0.6 is 0 Å². The number of hydrogen-bond donors (Lipinski definition) is 1. The van der Waals surface area contributed by atoms with Crippen molar-refractivity contribution >= 4 is 0 Å². The lowest BCUT2D eigenvalue weighted by molar-refractivity contribution is 0.241. The summed E-state index contributed by atoms with van der Waals surface area (Å²) in [6.45, 7) is 15.4. The van der Waals surface area contributed by atoms with Crippen molar-refractivity contribution in [3.8, 4) is 0 Å². The molecule has 0 fully saturated rings. The molecule has 1 aliphatic rings. The van der Waals surface area contributed by atoms with E-state index in [9.17, 15) is 4.79 Å². The van der Waals surface area contributed by atoms with Gasteiger partial charge in [-0.2, -0.15) is 0 Å². The van der Waals surface area contributed by atoms with Gasteiger partial charge < -0.3 is 4.98 Å². The van der Waals surface area contributed by atoms with Crippen molar-refractivity contribution < 1.29 is 0 Å². The summed E-state index contributed by atoms with van der Waals surface area (Å²) in [5.41, 5.74) is 4.49. The first-order valence-corrected chi connectivity index (χ1v) is 9.48. The molecule has 2 aromatic rings. The second-order valence-electron chi connectivity index (χ2n) is 9.50. The van der Waals surface area contributed by atoms with Crippen molar-refractivity contribution in [1.82, 2.24) is 14.9 Å². The molecule has 140 valence electrons. The third-order valence-electron chi connectivity index (χ3n) is 5.08. The van der Waals surface area contributed by atoms with Crippen LogP contribution in [0.5, 0.6) is 0 Å². The normalized spacial score (nSPS) is 15.8. The molecular weight excluding hydrogens is 322 g/mol. The van der Waals surface area contributed by atoms with Gasteiger partial charge >= 0.3 is 0 Å². The monoisotopic (exact) mass is 353 g/mol. The summed E-state index contributed by atoms with van der Waals surface area (Å²) in [6, 6.07) is 8.86. The van der Waals surface area contributed by atoms with Gasteiger partial charge in [-0.25, -0.2) is 4.98 Å². The van der Waals surface area contributed by atoms with Gasteiger partial charge in [-0.05, 0) is 16.5 Å². The Labute approximate surface area is 156 Å². The Morgan fingerprint density at radius 2 is 1.69 bits per heavy atom. The maximum atomic E-state index is 12.6. The zero-order valence-electron chi connectivity index (χ0n) is 16.9. The SMILES string of the molecule is CC(C)(C)c1ccc(CN2CCc3nc(C(C)(C)C)[nH]c(=O)c3C2)cc1. The zero-order chi connectivity index (χ0) is 19.1. The Morgan fingerprint density at radius 1 is 1.04 bits per heavy atom. The van der Waals surface area contributed by atoms with E-state index in [-0.39, 0.29) is 16.4 Å². The standard InChI is InChI=1S/C22H31N3O/c1-21(2,3)16-9-7-15(8-10-16)13-25-12-11-18-17(14-25)19(26)24-20(23-18)22(4,5)6/h7-10H,11-14H2,1-6H3,(H,23,24,26). The molecule has 26 heavy (non-hydrogen) atoms. The molecule has 1 aromatic carbocycles. The van der Waals surface area contributed by atoms with Crippen LogP contribution in [-0.4, -0.2) is 21.4 Å². The highest BCUT2D eigenvalue weighted by atomic mass is 16.1. The number of nitrogens with zero attached hydrogens (tertiary/aromatic N) is 2. The van der Waals surface area contributed by atoms with E-state index < -0.39 is 0 Å². The lowest BCUT2D eigenvalue weighted by Crippen LogP contribution is -2.37. The molecular formula is C22H31N3O. The number of hydrogen-bond acceptors (Lipinski definition) is 3. The van der Waals surface area contributed by atoms with Gasteiger partial charge in [0.05, 0.1) is 11.3 Å². The number of rotatable bonds is 2. The average molecular weight is 354 g/mol. The maximum absolute atomic E-state index is 12.6. The first-order chi connectivity index (χ1) is 12.0. The van der Waals surface area contributed by atoms with E-state index in [1.807, 2.05) is 0 Å². The molecule has 0 bridgehead atoms. The summed E-state index contributed by atoms with van der Waals surface area (Å²) < 4.78 is 0. The van der Waals surface area contributed by atoms with E-state index in [0.717, 1.165) is 36.6 Å². The number of H-pyrrole nitrogens is 1. The molecule has 1 aromatic heterocycles. The molecule has 0 radical (unpaired) electrons. The minimum atomic E-state index is -0.139. The van der Waals surface area contributed by atoms with Crippen LogP contribution in [0, 0.1) is 0 Å². The lowest BCUT2D eigenvalue weighted by Gasteiger charge is -2.29. The first kappa shape index (κ1) is 18.8. The minimum Gasteiger partial charge on any atom is -0.310 e. The van der Waals surface area contributed by atoms with Crippen LogP contribution < -0.4 is 5.56 Å². The average Bonchev–Trinajstić information content (AvgIpc) is 2.54. The Hall–Kier alpha value is -1.94. The summed E-state index contributed by atoms with van der Waals surface area (Å²) in [7, 11) is 0. The molecule has 0 unspecified atom stereocenters. The van der Waals surface area contributed by atoms with Crippen LogP contribution in [0.1, 0.15) is 69.8 Å². The van der Waals surface area contributed by atoms with E-state index >= 15 is 0 Å². The van der Waals surface area contributed by atoms with Gasteiger partial charge in [-0.1, -0.05) is 65.8 Å². The second kappa shape index (κ2) is 6.66. The molecule has 0 saturated carbocycles. The Kier molecular flexibility index (Phi) is 4.82. The fourth-order valence-electron chi connectivity index (χ4n) is 3.34. The van der Waals surface area contributed by atoms with Crippen molar-refractivity contribution in [3.63, 3.8) is 0 Å². The number of nitrogens with one attached hydrogen (secondary N) is 1. The quantitative estimate of drug-likeness (QED) is 0.890. The van der Waals surface area contributed by atoms with Crippen molar-refractivity contribution in [2.75, 3.05) is 6.54 Å². The van der Waals surface area contributed by atoms with E-state index in [1.54, 1.807) is 0 Å². The highest BCUT2D eigenvalue weighted by Crippen LogP contribution is 2.24. The van der Waals surface area contributed by atoms with Crippen LogP contribution in [0.2, 0.25) is 0 Å². The molecule has 2 heterocycles. The summed E-state index contributed by atoms with van der Waals surface area (Å²) in [5, 5.41) is 0. The number of fused-ring (bicyclic) bond motifs is 1. The summed E-state index contributed by atoms with van der Waals surface area (Å²) in [5.74, 6) is 0.785. The molecule has 0 spiro atoms. The fraction of sp³-hybridized carbons (Fsp3) is 0.545. The molecule has 0 aliphatic carbocycles. The molecule has 3 rings (SSSR count). The summed E-state index contributed by atoms with van der Waals surface area (Å²) in [4.78, 5) is 22.6. The highest BCUT2D eigenvalue weighted by molar-refractivity contribution is 5.28. The van der Waals surface area contributed by atoms with Gasteiger partial charge in [0.25, 0.3) is 5.56 Å². The first-order valence-electron chi connectivity index (χ1n) is 9.48. The highest BCUT2D eigenvalue weighted by Gasteiger charge is 2.25. The number of aromatic nitrogens is 2. The van der Waals surface area contributed by atoms with Gasteiger partial charge in [0.15, 0.2) is 0 Å². The Morgan fingerprint density at radius 3 is 2.27 bits per heavy atom. The van der Waals surface area contributed by atoms with Crippen molar-refractivity contribution in [2.45, 2.75) is 71.9 Å². The lowest BCUT2D eigenvalue weighted by atomic mass is 9.86. The smallest absolute Gasteiger partial charge is 0.255 e. The van der Waals surface area contributed by atoms with Gasteiger partial charge in [-0.15, -0.1) is 0 Å². The van der Waals surface area contributed by atoms with E-state index in [2.05, 4.69) is 75.7 Å². The molecule has 0 saturated heterocycles. The van der Waals surface area contributed by atoms with Gasteiger partial charge in [0, 0.05) is 31.5 Å². The van der Waals surface area contributed by atoms with Crippen LogP contribution in [-0.2, 0) is 30.3 Å². The predicted molar refractivity (Wildman–Crippen MR) is 107 cm³/mol. The van der Waals surface area contributed by atoms with Gasteiger partial charge in [0.2, 0.25) is 0 Å². The van der Waals surface area contributed by atoms with Crippen LogP contribution in [0.4, 0.5) is 0 Å². The van der Waals surface area contributed by atoms with Crippen molar-refractivity contribution in [2.24, 2.45) is 0 Å². The third-order valence-corrected chi connectivity index (χ3v) is 5.08. The topological polar surface area (TPSA) is 49.0 Å². The molecule has 1 N–H and O–H groups in total. The molecule has 4 nitrogen and oxygen atoms in total. The summed E-state index contributed by atoms with van der Waals surface area (Å²) in [6.07, 6.45) is 0.836. The van der Waals surface area contributed by atoms with E-state index in [4.69, 9.17) is 4.98 Å². The zero-order valence-corrected chi connectivity index (χ0v) is 16.9. The van der Waals surface area contributed by atoms with Crippen LogP contribution in [0.25, 0.3) is 0 Å².